The van der Waals surface area contributed by atoms with Gasteiger partial charge in [0, 0.05) is 0 Å². The predicted molar refractivity (Wildman–Crippen MR) is 48.2 cm³/mol. The lowest BCUT2D eigenvalue weighted by Gasteiger charge is -2.17. The van der Waals surface area contributed by atoms with Crippen LogP contribution in [0.3, 0.4) is 0 Å². The fourth-order valence-corrected chi connectivity index (χ4v) is 1.08. The molecule has 0 aromatic heterocycles. The van der Waals surface area contributed by atoms with E-state index in [1.165, 1.54) is 32.1 Å². The molecular formula is C10H22. The summed E-state index contributed by atoms with van der Waals surface area (Å²) >= 11 is 0. The summed E-state index contributed by atoms with van der Waals surface area (Å²) < 4.78 is 0. The van der Waals surface area contributed by atoms with Gasteiger partial charge in [-0.1, -0.05) is 53.4 Å². The Morgan fingerprint density at radius 1 is 0.900 bits per heavy atom. The van der Waals surface area contributed by atoms with Gasteiger partial charge in [-0.05, 0) is 11.8 Å². The molecule has 0 saturated carbocycles. The van der Waals surface area contributed by atoms with Crippen LogP contribution in [-0.4, -0.2) is 0 Å². The quantitative estimate of drug-likeness (QED) is 0.520. The van der Waals surface area contributed by atoms with Crippen LogP contribution in [-0.2, 0) is 0 Å². The van der Waals surface area contributed by atoms with Crippen molar-refractivity contribution in [3.05, 3.63) is 0 Å². The average molecular weight is 142 g/mol. The fourth-order valence-electron chi connectivity index (χ4n) is 1.08. The lowest BCUT2D eigenvalue weighted by molar-refractivity contribution is 0.358. The van der Waals surface area contributed by atoms with Crippen molar-refractivity contribution in [2.45, 2.75) is 59.8 Å². The van der Waals surface area contributed by atoms with Crippen LogP contribution in [0.1, 0.15) is 59.8 Å². The molecule has 10 heavy (non-hydrogen) atoms. The summed E-state index contributed by atoms with van der Waals surface area (Å²) in [5.41, 5.74) is 0.549. The second kappa shape index (κ2) is 4.76. The van der Waals surface area contributed by atoms with E-state index in [9.17, 15) is 0 Å². The van der Waals surface area contributed by atoms with E-state index in [1.54, 1.807) is 0 Å². The third-order valence-corrected chi connectivity index (χ3v) is 1.78. The molecule has 62 valence electrons. The first kappa shape index (κ1) is 10.0. The maximum Gasteiger partial charge on any atom is -0.0383 e. The van der Waals surface area contributed by atoms with Gasteiger partial charge in [0.05, 0.1) is 0 Å². The average Bonchev–Trinajstić information content (AvgIpc) is 1.78. The van der Waals surface area contributed by atoms with Crippen LogP contribution in [0.2, 0.25) is 0 Å². The molecule has 0 heterocycles. The highest BCUT2D eigenvalue weighted by atomic mass is 14.1. The molecule has 0 aliphatic heterocycles. The lowest BCUT2D eigenvalue weighted by atomic mass is 9.89. The number of hydrogen-bond acceptors (Lipinski definition) is 0. The minimum atomic E-state index is 0.549. The van der Waals surface area contributed by atoms with Gasteiger partial charge in [-0.2, -0.15) is 0 Å². The summed E-state index contributed by atoms with van der Waals surface area (Å²) in [6, 6.07) is 0. The summed E-state index contributed by atoms with van der Waals surface area (Å²) in [5, 5.41) is 0. The minimum Gasteiger partial charge on any atom is -0.0654 e. The molecule has 0 radical (unpaired) electrons. The summed E-state index contributed by atoms with van der Waals surface area (Å²) in [6.45, 7) is 9.22. The van der Waals surface area contributed by atoms with Gasteiger partial charge in [0.2, 0.25) is 0 Å². The van der Waals surface area contributed by atoms with E-state index in [0.717, 1.165) is 0 Å². The topological polar surface area (TPSA) is 0 Å². The van der Waals surface area contributed by atoms with E-state index in [4.69, 9.17) is 0 Å². The van der Waals surface area contributed by atoms with E-state index in [0.29, 0.717) is 5.41 Å². The number of unbranched alkanes of at least 4 members (excludes halogenated alkanes) is 3. The summed E-state index contributed by atoms with van der Waals surface area (Å²) in [7, 11) is 0. The maximum atomic E-state index is 2.32. The zero-order valence-corrected chi connectivity index (χ0v) is 8.04. The summed E-state index contributed by atoms with van der Waals surface area (Å²) in [6.07, 6.45) is 6.98. The van der Waals surface area contributed by atoms with Gasteiger partial charge in [-0.15, -0.1) is 0 Å². The third kappa shape index (κ3) is 8.00. The first-order valence-corrected chi connectivity index (χ1v) is 4.56. The second-order valence-corrected chi connectivity index (χ2v) is 4.37. The Morgan fingerprint density at radius 2 is 1.50 bits per heavy atom. The molecule has 0 nitrogen and oxygen atoms in total. The van der Waals surface area contributed by atoms with Crippen LogP contribution in [0.15, 0.2) is 0 Å². The molecule has 0 saturated heterocycles. The van der Waals surface area contributed by atoms with Crippen molar-refractivity contribution in [3.63, 3.8) is 0 Å². The van der Waals surface area contributed by atoms with Crippen molar-refractivity contribution < 1.29 is 0 Å². The van der Waals surface area contributed by atoms with Crippen molar-refractivity contribution in [3.8, 4) is 0 Å². The molecule has 0 amide bonds. The van der Waals surface area contributed by atoms with Crippen molar-refractivity contribution in [1.29, 1.82) is 0 Å². The highest BCUT2D eigenvalue weighted by Gasteiger charge is 2.08. The predicted octanol–water partition coefficient (Wildman–Crippen LogP) is 4.00. The lowest BCUT2D eigenvalue weighted by Crippen LogP contribution is -2.03. The Kier molecular flexibility index (Phi) is 4.76. The van der Waals surface area contributed by atoms with Gasteiger partial charge in [0.25, 0.3) is 0 Å². The van der Waals surface area contributed by atoms with Gasteiger partial charge in [-0.3, -0.25) is 0 Å². The first-order valence-electron chi connectivity index (χ1n) is 4.56. The smallest absolute Gasteiger partial charge is 0.0383 e. The Balaban J connectivity index is 3.04. The Morgan fingerprint density at radius 3 is 1.90 bits per heavy atom. The highest BCUT2D eigenvalue weighted by Crippen LogP contribution is 2.22. The largest absolute Gasteiger partial charge is 0.0654 e. The number of hydrogen-bond donors (Lipinski definition) is 0. The van der Waals surface area contributed by atoms with Crippen LogP contribution in [0.25, 0.3) is 0 Å². The molecule has 0 atom stereocenters. The van der Waals surface area contributed by atoms with Gasteiger partial charge in [0.1, 0.15) is 0 Å². The molecule has 0 N–H and O–H groups in total. The van der Waals surface area contributed by atoms with Crippen LogP contribution in [0, 0.1) is 5.41 Å². The molecular weight excluding hydrogens is 120 g/mol. The van der Waals surface area contributed by atoms with Crippen LogP contribution in [0.5, 0.6) is 0 Å². The van der Waals surface area contributed by atoms with E-state index < -0.39 is 0 Å². The second-order valence-electron chi connectivity index (χ2n) is 4.37. The Labute approximate surface area is 66.0 Å². The first-order chi connectivity index (χ1) is 4.56. The molecule has 0 fully saturated rings. The van der Waals surface area contributed by atoms with Crippen LogP contribution < -0.4 is 0 Å². The van der Waals surface area contributed by atoms with Gasteiger partial charge >= 0.3 is 0 Å². The van der Waals surface area contributed by atoms with E-state index >= 15 is 0 Å². The molecule has 0 aliphatic carbocycles. The monoisotopic (exact) mass is 142 g/mol. The zero-order chi connectivity index (χ0) is 8.04. The van der Waals surface area contributed by atoms with E-state index in [2.05, 4.69) is 27.7 Å². The molecule has 0 spiro atoms. The fraction of sp³-hybridized carbons (Fsp3) is 1.00. The minimum absolute atomic E-state index is 0.549. The molecule has 0 aromatic rings. The third-order valence-electron chi connectivity index (χ3n) is 1.78. The van der Waals surface area contributed by atoms with Crippen LogP contribution >= 0.6 is 0 Å². The molecule has 0 heteroatoms. The van der Waals surface area contributed by atoms with Gasteiger partial charge < -0.3 is 0 Å². The van der Waals surface area contributed by atoms with Gasteiger partial charge in [-0.25, -0.2) is 0 Å². The highest BCUT2D eigenvalue weighted by molar-refractivity contribution is 4.60. The molecule has 0 aromatic carbocycles. The SMILES string of the molecule is CCCCCCC(C)(C)C. The van der Waals surface area contributed by atoms with Gasteiger partial charge in [0.15, 0.2) is 0 Å². The van der Waals surface area contributed by atoms with Crippen molar-refractivity contribution in [1.82, 2.24) is 0 Å². The summed E-state index contributed by atoms with van der Waals surface area (Å²) in [4.78, 5) is 0. The van der Waals surface area contributed by atoms with Crippen molar-refractivity contribution in [2.24, 2.45) is 5.41 Å². The molecule has 0 unspecified atom stereocenters. The maximum absolute atomic E-state index is 2.32. The normalized spacial score (nSPS) is 12.0. The standard InChI is InChI=1S/C10H22/c1-5-6-7-8-9-10(2,3)4/h5-9H2,1-4H3. The van der Waals surface area contributed by atoms with Crippen LogP contribution in [0.4, 0.5) is 0 Å². The molecule has 0 rings (SSSR count). The summed E-state index contributed by atoms with van der Waals surface area (Å²) in [5.74, 6) is 0. The molecule has 0 bridgehead atoms. The van der Waals surface area contributed by atoms with Crippen molar-refractivity contribution in [2.75, 3.05) is 0 Å². The van der Waals surface area contributed by atoms with E-state index in [1.807, 2.05) is 0 Å². The zero-order valence-electron chi connectivity index (χ0n) is 8.04. The Bertz CT molecular complexity index is 66.6. The Hall–Kier alpha value is 0. The van der Waals surface area contributed by atoms with E-state index in [-0.39, 0.29) is 0 Å². The van der Waals surface area contributed by atoms with Crippen molar-refractivity contribution >= 4 is 0 Å². The molecule has 0 aliphatic rings. The number of rotatable bonds is 4.